The Morgan fingerprint density at radius 1 is 0.970 bits per heavy atom. The van der Waals surface area contributed by atoms with Gasteiger partial charge in [-0.25, -0.2) is 9.59 Å². The lowest BCUT2D eigenvalue weighted by Crippen LogP contribution is -2.70. The van der Waals surface area contributed by atoms with E-state index in [4.69, 9.17) is 59.5 Å². The minimum Gasteiger partial charge on any atom is -0.497 e. The van der Waals surface area contributed by atoms with Crippen LogP contribution in [0.15, 0.2) is 84.1 Å². The number of nitrogens with one attached hydrogen (secondary N) is 1. The van der Waals surface area contributed by atoms with E-state index in [1.807, 2.05) is 25.1 Å². The highest BCUT2D eigenvalue weighted by molar-refractivity contribution is 6.18. The summed E-state index contributed by atoms with van der Waals surface area (Å²) < 4.78 is 48.3. The molecule has 2 aliphatic carbocycles. The Balaban J connectivity index is 1.39. The Kier molecular flexibility index (Phi) is 16.6. The van der Waals surface area contributed by atoms with Gasteiger partial charge in [0.1, 0.15) is 42.3 Å². The summed E-state index contributed by atoms with van der Waals surface area (Å²) in [6, 6.07) is 14.9. The molecule has 2 heterocycles. The van der Waals surface area contributed by atoms with Gasteiger partial charge in [-0.1, -0.05) is 36.2 Å². The maximum absolute atomic E-state index is 14.6. The highest BCUT2D eigenvalue weighted by Gasteiger charge is 2.65. The molecule has 3 N–H and O–H groups in total. The number of oxime groups is 1. The van der Waals surface area contributed by atoms with Crippen LogP contribution in [-0.2, 0) is 20.9 Å². The van der Waals surface area contributed by atoms with Crippen molar-refractivity contribution in [1.29, 1.82) is 0 Å². The molecule has 0 spiro atoms. The molecule has 0 bridgehead atoms. The second kappa shape index (κ2) is 22.7. The van der Waals surface area contributed by atoms with Gasteiger partial charge in [0.05, 0.1) is 44.0 Å². The molecule has 1 fully saturated rings. The number of ether oxygens (including phenoxy) is 8. The molecule has 0 unspecified atom stereocenters. The van der Waals surface area contributed by atoms with E-state index in [-0.39, 0.29) is 75.6 Å². The molecule has 1 saturated carbocycles. The Hall–Kier alpha value is -5.68. The number of allylic oxidation sites excluding steroid dienone is 1. The number of hydrogen-bond acceptors (Lipinski definition) is 14. The van der Waals surface area contributed by atoms with Gasteiger partial charge in [-0.05, 0) is 98.0 Å². The molecule has 17 heteroatoms. The first kappa shape index (κ1) is 48.3. The predicted molar refractivity (Wildman–Crippen MR) is 246 cm³/mol. The lowest BCUT2D eigenvalue weighted by Gasteiger charge is -2.59. The van der Waals surface area contributed by atoms with Crippen LogP contribution >= 0.6 is 11.6 Å². The van der Waals surface area contributed by atoms with Crippen molar-refractivity contribution >= 4 is 35.2 Å². The van der Waals surface area contributed by atoms with E-state index in [0.29, 0.717) is 72.4 Å². The molecular weight excluding hydrogens is 874 g/mol. The van der Waals surface area contributed by atoms with Gasteiger partial charge < -0.3 is 52.9 Å². The normalized spacial score (nSPS) is 22.8. The number of rotatable bonds is 22. The van der Waals surface area contributed by atoms with Crippen molar-refractivity contribution in [2.24, 2.45) is 22.9 Å². The molecule has 6 atom stereocenters. The van der Waals surface area contributed by atoms with Crippen LogP contribution in [0.2, 0.25) is 0 Å². The van der Waals surface area contributed by atoms with Gasteiger partial charge >= 0.3 is 12.2 Å². The number of anilines is 1. The van der Waals surface area contributed by atoms with E-state index in [2.05, 4.69) is 18.0 Å². The first-order valence-corrected chi connectivity index (χ1v) is 23.0. The number of fused-ring (bicyclic) bond motifs is 3. The van der Waals surface area contributed by atoms with Gasteiger partial charge in [-0.2, -0.15) is 0 Å². The van der Waals surface area contributed by atoms with E-state index < -0.39 is 29.9 Å². The molecule has 2 aliphatic heterocycles. The number of halogens is 1. The number of aliphatic hydroxyl groups is 2. The third-order valence-electron chi connectivity index (χ3n) is 12.5. The van der Waals surface area contributed by atoms with Crippen molar-refractivity contribution in [3.8, 4) is 34.5 Å². The molecular formula is C49H60ClN3O13. The molecule has 0 radical (unpaired) electrons. The lowest BCUT2D eigenvalue weighted by atomic mass is 9.55. The largest absolute Gasteiger partial charge is 0.497 e. The maximum atomic E-state index is 14.6. The van der Waals surface area contributed by atoms with Crippen molar-refractivity contribution in [1.82, 2.24) is 4.90 Å². The molecule has 7 rings (SSSR count). The van der Waals surface area contributed by atoms with Crippen LogP contribution < -0.4 is 33.7 Å². The van der Waals surface area contributed by atoms with Crippen LogP contribution in [0.25, 0.3) is 0 Å². The van der Waals surface area contributed by atoms with Crippen LogP contribution in [0, 0.1) is 17.8 Å². The molecule has 4 aliphatic rings. The van der Waals surface area contributed by atoms with Crippen LogP contribution in [0.3, 0.4) is 0 Å². The van der Waals surface area contributed by atoms with E-state index >= 15 is 0 Å². The molecule has 3 aromatic rings. The van der Waals surface area contributed by atoms with Crippen molar-refractivity contribution < 1.29 is 62.5 Å². The first-order chi connectivity index (χ1) is 32.2. The highest BCUT2D eigenvalue weighted by Crippen LogP contribution is 2.62. The predicted octanol–water partition coefficient (Wildman–Crippen LogP) is 8.57. The summed E-state index contributed by atoms with van der Waals surface area (Å²) in [6.07, 6.45) is 6.79. The highest BCUT2D eigenvalue weighted by atomic mass is 35.5. The molecule has 0 saturated heterocycles. The van der Waals surface area contributed by atoms with Crippen molar-refractivity contribution in [3.63, 3.8) is 0 Å². The lowest BCUT2D eigenvalue weighted by molar-refractivity contribution is -0.256. The molecule has 356 valence electrons. The zero-order valence-electron chi connectivity index (χ0n) is 37.7. The smallest absolute Gasteiger partial charge is 0.417 e. The third-order valence-corrected chi connectivity index (χ3v) is 12.7. The number of carbonyl (C=O) groups is 2. The van der Waals surface area contributed by atoms with E-state index in [0.717, 1.165) is 29.5 Å². The Morgan fingerprint density at radius 2 is 1.74 bits per heavy atom. The first-order valence-electron chi connectivity index (χ1n) is 22.5. The van der Waals surface area contributed by atoms with Crippen LogP contribution in [0.4, 0.5) is 15.3 Å². The average Bonchev–Trinajstić information content (AvgIpc) is 3.80. The topological polar surface area (TPSA) is 185 Å². The molecule has 16 nitrogen and oxygen atoms in total. The fraction of sp³-hybridized carbons (Fsp3) is 0.490. The quantitative estimate of drug-likeness (QED) is 0.0377. The van der Waals surface area contributed by atoms with Gasteiger partial charge in [0.2, 0.25) is 12.6 Å². The number of hydrogen-bond donors (Lipinski definition) is 3. The van der Waals surface area contributed by atoms with Crippen molar-refractivity contribution in [2.45, 2.75) is 76.2 Å². The summed E-state index contributed by atoms with van der Waals surface area (Å²) >= 11 is 6.10. The van der Waals surface area contributed by atoms with Crippen LogP contribution in [0.5, 0.6) is 34.5 Å². The summed E-state index contributed by atoms with van der Waals surface area (Å²) in [4.78, 5) is 35.7. The monoisotopic (exact) mass is 933 g/mol. The summed E-state index contributed by atoms with van der Waals surface area (Å²) in [5.74, 6) is 0.214. The number of carbonyl (C=O) groups excluding carboxylic acids is 2. The van der Waals surface area contributed by atoms with Gasteiger partial charge in [-0.15, -0.1) is 18.2 Å². The summed E-state index contributed by atoms with van der Waals surface area (Å²) in [5.41, 5.74) is 3.35. The molecule has 3 aromatic carbocycles. The minimum atomic E-state index is -1.57. The number of benzene rings is 3. The maximum Gasteiger partial charge on any atom is 0.417 e. The average molecular weight is 934 g/mol. The van der Waals surface area contributed by atoms with Crippen molar-refractivity contribution in [2.75, 3.05) is 65.2 Å². The number of amides is 2. The van der Waals surface area contributed by atoms with Gasteiger partial charge in [0, 0.05) is 43.7 Å². The second-order valence-corrected chi connectivity index (χ2v) is 16.8. The summed E-state index contributed by atoms with van der Waals surface area (Å²) in [5, 5.41) is 27.4. The van der Waals surface area contributed by atoms with E-state index in [9.17, 15) is 19.8 Å². The number of unbranched alkanes of at least 4 members (excludes halogenated alkanes) is 2. The number of nitrogens with zero attached hydrogens (tertiary/aromatic N) is 2. The van der Waals surface area contributed by atoms with Crippen molar-refractivity contribution in [3.05, 3.63) is 90.0 Å². The standard InChI is InChI=1S/C49H60ClN3O13/c1-5-22-63-49-44(53(48(57)60-23-19-50)29-31-13-17-41-43(24-31)62-30-61-41)28-39(52-64-6-2)36-25-32(11-7-9-20-54)35(12-8-10-21-55)45(46(36)49)37-26-34(15-18-40(37)66-49)65-47(56)51-38-16-14-33(58-3)27-42(38)59-4/h5,13-18,24-27,32,35,44-46,54-55H,1,6-12,19-23,28-30H2,2-4H3,(H,51,56)/t32-,35+,44-,45+,46+,49+/m0/s1. The van der Waals surface area contributed by atoms with Gasteiger partial charge in [0.25, 0.3) is 0 Å². The second-order valence-electron chi connectivity index (χ2n) is 16.4. The van der Waals surface area contributed by atoms with Crippen LogP contribution in [-0.4, -0.2) is 105 Å². The fourth-order valence-corrected chi connectivity index (χ4v) is 9.82. The summed E-state index contributed by atoms with van der Waals surface area (Å²) in [7, 11) is 3.04. The number of methoxy groups -OCH3 is 2. The van der Waals surface area contributed by atoms with Crippen LogP contribution in [0.1, 0.15) is 68.9 Å². The molecule has 66 heavy (non-hydrogen) atoms. The van der Waals surface area contributed by atoms with Gasteiger partial charge in [-0.3, -0.25) is 10.2 Å². The Bertz CT molecular complexity index is 2240. The number of aliphatic hydroxyl groups excluding tert-OH is 2. The van der Waals surface area contributed by atoms with Gasteiger partial charge in [0.15, 0.2) is 11.5 Å². The minimum absolute atomic E-state index is 0.0215. The Morgan fingerprint density at radius 3 is 2.48 bits per heavy atom. The van der Waals surface area contributed by atoms with E-state index in [1.54, 1.807) is 54.5 Å². The SMILES string of the molecule is C=CCO[C@@]12Oc3ccc(OC(=O)Nc4ccc(OC)cc4OC)cc3[C@H]3[C@H](CCCCO)[C@@H](CCCCO)C=C(C(=NOCC)C[C@@H]1N(Cc1ccc4c(c1)OCO4)C(=O)OCCCl)[C@H]32. The third kappa shape index (κ3) is 10.5. The zero-order valence-corrected chi connectivity index (χ0v) is 38.5. The molecule has 0 aromatic heterocycles. The van der Waals surface area contributed by atoms with E-state index in [1.165, 1.54) is 7.11 Å². The fourth-order valence-electron chi connectivity index (χ4n) is 9.75. The molecule has 2 amide bonds. The number of alkyl halides is 1. The Labute approximate surface area is 390 Å². The summed E-state index contributed by atoms with van der Waals surface area (Å²) in [6.45, 7) is 6.39. The zero-order chi connectivity index (χ0) is 46.6.